The maximum atomic E-state index is 11.5. The van der Waals surface area contributed by atoms with E-state index in [0.29, 0.717) is 13.0 Å². The number of unbranched alkanes of at least 4 members (excludes halogenated alkanes) is 1. The molecule has 0 spiro atoms. The summed E-state index contributed by atoms with van der Waals surface area (Å²) in [6.45, 7) is 2.58. The quantitative estimate of drug-likeness (QED) is 0.749. The fourth-order valence-electron chi connectivity index (χ4n) is 2.45. The highest BCUT2D eigenvalue weighted by molar-refractivity contribution is 5.76. The molecular formula is C13H23NO3. The lowest BCUT2D eigenvalue weighted by Crippen LogP contribution is -2.37. The lowest BCUT2D eigenvalue weighted by Gasteiger charge is -2.28. The van der Waals surface area contributed by atoms with Gasteiger partial charge >= 0.3 is 5.97 Å². The summed E-state index contributed by atoms with van der Waals surface area (Å²) in [7, 11) is 0. The molecule has 0 heterocycles. The van der Waals surface area contributed by atoms with E-state index in [-0.39, 0.29) is 17.7 Å². The van der Waals surface area contributed by atoms with Crippen molar-refractivity contribution in [2.24, 2.45) is 11.8 Å². The maximum Gasteiger partial charge on any atom is 0.306 e. The van der Waals surface area contributed by atoms with Crippen LogP contribution in [0.2, 0.25) is 0 Å². The second-order valence-corrected chi connectivity index (χ2v) is 4.90. The molecule has 98 valence electrons. The Morgan fingerprint density at radius 1 is 1.29 bits per heavy atom. The van der Waals surface area contributed by atoms with Crippen LogP contribution in [0.1, 0.15) is 51.9 Å². The van der Waals surface area contributed by atoms with Gasteiger partial charge in [-0.05, 0) is 25.2 Å². The molecule has 0 aromatic heterocycles. The first-order valence-corrected chi connectivity index (χ1v) is 6.64. The molecular weight excluding hydrogens is 218 g/mol. The second kappa shape index (κ2) is 7.30. The summed E-state index contributed by atoms with van der Waals surface area (Å²) in [6.07, 6.45) is 6.22. The summed E-state index contributed by atoms with van der Waals surface area (Å²) in [6, 6.07) is 0. The summed E-state index contributed by atoms with van der Waals surface area (Å²) in [5.74, 6) is -0.805. The standard InChI is InChI=1S/C13H23NO3/c1-2-3-8-12(15)14-9-10-6-4-5-7-11(10)13(16)17/h10-11H,2-9H2,1H3,(H,14,15)(H,16,17). The topological polar surface area (TPSA) is 66.4 Å². The molecule has 1 aliphatic rings. The molecule has 17 heavy (non-hydrogen) atoms. The Morgan fingerprint density at radius 3 is 2.65 bits per heavy atom. The van der Waals surface area contributed by atoms with Crippen LogP contribution in [0, 0.1) is 11.8 Å². The number of amides is 1. The van der Waals surface area contributed by atoms with Crippen LogP contribution in [0.15, 0.2) is 0 Å². The third kappa shape index (κ3) is 4.75. The van der Waals surface area contributed by atoms with Gasteiger partial charge in [0, 0.05) is 13.0 Å². The van der Waals surface area contributed by atoms with E-state index in [4.69, 9.17) is 5.11 Å². The molecule has 1 fully saturated rings. The zero-order chi connectivity index (χ0) is 12.7. The van der Waals surface area contributed by atoms with E-state index in [0.717, 1.165) is 38.5 Å². The fraction of sp³-hybridized carbons (Fsp3) is 0.846. The molecule has 0 radical (unpaired) electrons. The van der Waals surface area contributed by atoms with E-state index in [1.807, 2.05) is 0 Å². The van der Waals surface area contributed by atoms with Gasteiger partial charge in [-0.15, -0.1) is 0 Å². The van der Waals surface area contributed by atoms with E-state index >= 15 is 0 Å². The largest absolute Gasteiger partial charge is 0.481 e. The van der Waals surface area contributed by atoms with Gasteiger partial charge in [0.1, 0.15) is 0 Å². The Kier molecular flexibility index (Phi) is 6.01. The zero-order valence-electron chi connectivity index (χ0n) is 10.6. The summed E-state index contributed by atoms with van der Waals surface area (Å²) in [5.41, 5.74) is 0. The molecule has 0 aliphatic heterocycles. The van der Waals surface area contributed by atoms with Gasteiger partial charge in [0.05, 0.1) is 5.92 Å². The van der Waals surface area contributed by atoms with Crippen molar-refractivity contribution in [3.8, 4) is 0 Å². The Labute approximate surface area is 103 Å². The molecule has 1 saturated carbocycles. The number of nitrogens with one attached hydrogen (secondary N) is 1. The molecule has 1 aliphatic carbocycles. The van der Waals surface area contributed by atoms with Gasteiger partial charge in [-0.1, -0.05) is 26.2 Å². The van der Waals surface area contributed by atoms with E-state index < -0.39 is 5.97 Å². The molecule has 1 amide bonds. The van der Waals surface area contributed by atoms with Crippen molar-refractivity contribution in [1.82, 2.24) is 5.32 Å². The van der Waals surface area contributed by atoms with Crippen LogP contribution in [0.5, 0.6) is 0 Å². The van der Waals surface area contributed by atoms with Crippen LogP contribution < -0.4 is 5.32 Å². The van der Waals surface area contributed by atoms with Crippen molar-refractivity contribution in [2.75, 3.05) is 6.54 Å². The molecule has 2 N–H and O–H groups in total. The third-order valence-electron chi connectivity index (χ3n) is 3.55. The zero-order valence-corrected chi connectivity index (χ0v) is 10.6. The first-order valence-electron chi connectivity index (χ1n) is 6.64. The van der Waals surface area contributed by atoms with Crippen molar-refractivity contribution >= 4 is 11.9 Å². The van der Waals surface area contributed by atoms with Crippen molar-refractivity contribution in [2.45, 2.75) is 51.9 Å². The Bertz CT molecular complexity index is 265. The van der Waals surface area contributed by atoms with E-state index in [2.05, 4.69) is 12.2 Å². The van der Waals surface area contributed by atoms with E-state index in [9.17, 15) is 9.59 Å². The number of aliphatic carboxylic acids is 1. The summed E-state index contributed by atoms with van der Waals surface area (Å²) >= 11 is 0. The predicted octanol–water partition coefficient (Wildman–Crippen LogP) is 2.18. The van der Waals surface area contributed by atoms with Gasteiger partial charge in [-0.2, -0.15) is 0 Å². The van der Waals surface area contributed by atoms with Crippen molar-refractivity contribution < 1.29 is 14.7 Å². The summed E-state index contributed by atoms with van der Waals surface area (Å²) < 4.78 is 0. The first-order chi connectivity index (χ1) is 8.15. The Hall–Kier alpha value is -1.06. The monoisotopic (exact) mass is 241 g/mol. The molecule has 0 bridgehead atoms. The highest BCUT2D eigenvalue weighted by Crippen LogP contribution is 2.29. The number of carbonyl (C=O) groups is 2. The van der Waals surface area contributed by atoms with Crippen LogP contribution in [-0.2, 0) is 9.59 Å². The van der Waals surface area contributed by atoms with Gasteiger partial charge < -0.3 is 10.4 Å². The fourth-order valence-corrected chi connectivity index (χ4v) is 2.45. The van der Waals surface area contributed by atoms with Gasteiger partial charge in [-0.25, -0.2) is 0 Å². The maximum absolute atomic E-state index is 11.5. The number of carbonyl (C=O) groups excluding carboxylic acids is 1. The normalized spacial score (nSPS) is 24.3. The number of hydrogen-bond acceptors (Lipinski definition) is 2. The molecule has 2 atom stereocenters. The summed E-state index contributed by atoms with van der Waals surface area (Å²) in [5, 5.41) is 12.0. The van der Waals surface area contributed by atoms with Gasteiger partial charge in [0.2, 0.25) is 5.91 Å². The van der Waals surface area contributed by atoms with Gasteiger partial charge in [-0.3, -0.25) is 9.59 Å². The molecule has 4 heteroatoms. The lowest BCUT2D eigenvalue weighted by atomic mass is 9.79. The minimum atomic E-state index is -0.711. The molecule has 2 unspecified atom stereocenters. The molecule has 0 saturated heterocycles. The van der Waals surface area contributed by atoms with E-state index in [1.165, 1.54) is 0 Å². The van der Waals surface area contributed by atoms with Gasteiger partial charge in [0.25, 0.3) is 0 Å². The third-order valence-corrected chi connectivity index (χ3v) is 3.55. The van der Waals surface area contributed by atoms with Crippen molar-refractivity contribution in [3.63, 3.8) is 0 Å². The first kappa shape index (κ1) is 14.0. The van der Waals surface area contributed by atoms with Crippen LogP contribution in [0.4, 0.5) is 0 Å². The van der Waals surface area contributed by atoms with Crippen LogP contribution >= 0.6 is 0 Å². The molecule has 1 rings (SSSR count). The minimum absolute atomic E-state index is 0.0570. The average Bonchev–Trinajstić information content (AvgIpc) is 2.34. The van der Waals surface area contributed by atoms with E-state index in [1.54, 1.807) is 0 Å². The Balaban J connectivity index is 2.32. The van der Waals surface area contributed by atoms with Gasteiger partial charge in [0.15, 0.2) is 0 Å². The van der Waals surface area contributed by atoms with Crippen LogP contribution in [-0.4, -0.2) is 23.5 Å². The Morgan fingerprint density at radius 2 is 2.00 bits per heavy atom. The molecule has 0 aromatic rings. The smallest absolute Gasteiger partial charge is 0.306 e. The minimum Gasteiger partial charge on any atom is -0.481 e. The van der Waals surface area contributed by atoms with Crippen LogP contribution in [0.25, 0.3) is 0 Å². The number of hydrogen-bond donors (Lipinski definition) is 2. The SMILES string of the molecule is CCCCC(=O)NCC1CCCCC1C(=O)O. The molecule has 4 nitrogen and oxygen atoms in total. The summed E-state index contributed by atoms with van der Waals surface area (Å²) in [4.78, 5) is 22.5. The number of carboxylic acid groups (broad SMARTS) is 1. The average molecular weight is 241 g/mol. The van der Waals surface area contributed by atoms with Crippen molar-refractivity contribution in [1.29, 1.82) is 0 Å². The van der Waals surface area contributed by atoms with Crippen LogP contribution in [0.3, 0.4) is 0 Å². The number of carboxylic acids is 1. The highest BCUT2D eigenvalue weighted by Gasteiger charge is 2.30. The lowest BCUT2D eigenvalue weighted by molar-refractivity contribution is -0.145. The molecule has 0 aromatic carbocycles. The second-order valence-electron chi connectivity index (χ2n) is 4.90. The highest BCUT2D eigenvalue weighted by atomic mass is 16.4. The number of rotatable bonds is 6. The van der Waals surface area contributed by atoms with Crippen molar-refractivity contribution in [3.05, 3.63) is 0 Å². The predicted molar refractivity (Wildman–Crippen MR) is 65.6 cm³/mol.